The molecule has 4 nitrogen and oxygen atoms in total. The summed E-state index contributed by atoms with van der Waals surface area (Å²) in [6, 6.07) is 4.42. The lowest BCUT2D eigenvalue weighted by molar-refractivity contribution is -0.0944. The highest BCUT2D eigenvalue weighted by Crippen LogP contribution is 2.33. The highest BCUT2D eigenvalue weighted by molar-refractivity contribution is 5.95. The number of nitrogens with zero attached hydrogens (tertiary/aromatic N) is 1. The van der Waals surface area contributed by atoms with Crippen molar-refractivity contribution in [3.63, 3.8) is 0 Å². The number of anilines is 1. The van der Waals surface area contributed by atoms with Crippen LogP contribution in [0.15, 0.2) is 29.8 Å². The SMILES string of the molecule is COc1ccc(C(=O)O)c(N2CC=C(C(F)(F)F)CC2)c1. The average Bonchev–Trinajstić information content (AvgIpc) is 2.45. The number of rotatable bonds is 3. The third kappa shape index (κ3) is 3.29. The number of aromatic carboxylic acids is 1. The minimum Gasteiger partial charge on any atom is -0.497 e. The van der Waals surface area contributed by atoms with E-state index in [1.165, 1.54) is 25.3 Å². The molecular formula is C14H14F3NO3. The summed E-state index contributed by atoms with van der Waals surface area (Å²) in [5.74, 6) is -0.668. The second-order valence-electron chi connectivity index (χ2n) is 4.61. The summed E-state index contributed by atoms with van der Waals surface area (Å²) >= 11 is 0. The molecule has 21 heavy (non-hydrogen) atoms. The van der Waals surface area contributed by atoms with E-state index in [0.717, 1.165) is 6.08 Å². The molecule has 0 spiro atoms. The molecule has 0 radical (unpaired) electrons. The predicted molar refractivity (Wildman–Crippen MR) is 70.9 cm³/mol. The van der Waals surface area contributed by atoms with E-state index in [4.69, 9.17) is 4.74 Å². The highest BCUT2D eigenvalue weighted by atomic mass is 19.4. The second-order valence-corrected chi connectivity index (χ2v) is 4.61. The van der Waals surface area contributed by atoms with Crippen molar-refractivity contribution in [2.45, 2.75) is 12.6 Å². The van der Waals surface area contributed by atoms with Crippen LogP contribution < -0.4 is 9.64 Å². The standard InChI is InChI=1S/C14H14F3NO3/c1-21-10-2-3-11(13(19)20)12(8-10)18-6-4-9(5-7-18)14(15,16)17/h2-4,8H,5-7H2,1H3,(H,19,20). The molecule has 1 aromatic rings. The number of alkyl halides is 3. The van der Waals surface area contributed by atoms with E-state index in [9.17, 15) is 23.1 Å². The summed E-state index contributed by atoms with van der Waals surface area (Å²) < 4.78 is 42.8. The number of hydrogen-bond donors (Lipinski definition) is 1. The smallest absolute Gasteiger partial charge is 0.412 e. The van der Waals surface area contributed by atoms with Crippen molar-refractivity contribution < 1.29 is 27.8 Å². The summed E-state index contributed by atoms with van der Waals surface area (Å²) in [7, 11) is 1.44. The van der Waals surface area contributed by atoms with Gasteiger partial charge >= 0.3 is 12.1 Å². The third-order valence-electron chi connectivity index (χ3n) is 3.35. The molecule has 114 valence electrons. The van der Waals surface area contributed by atoms with Crippen LogP contribution in [0.2, 0.25) is 0 Å². The molecule has 7 heteroatoms. The van der Waals surface area contributed by atoms with Gasteiger partial charge in [0.05, 0.1) is 18.4 Å². The highest BCUT2D eigenvalue weighted by Gasteiger charge is 2.35. The monoisotopic (exact) mass is 301 g/mol. The van der Waals surface area contributed by atoms with Crippen LogP contribution >= 0.6 is 0 Å². The van der Waals surface area contributed by atoms with Crippen molar-refractivity contribution >= 4 is 11.7 Å². The molecular weight excluding hydrogens is 287 g/mol. The van der Waals surface area contributed by atoms with Crippen molar-refractivity contribution in [1.29, 1.82) is 0 Å². The van der Waals surface area contributed by atoms with Gasteiger partial charge in [0.15, 0.2) is 0 Å². The van der Waals surface area contributed by atoms with Crippen LogP contribution in [-0.4, -0.2) is 37.5 Å². The summed E-state index contributed by atoms with van der Waals surface area (Å²) in [5, 5.41) is 9.18. The zero-order valence-electron chi connectivity index (χ0n) is 11.3. The van der Waals surface area contributed by atoms with Gasteiger partial charge in [-0.05, 0) is 18.6 Å². The molecule has 1 heterocycles. The second kappa shape index (κ2) is 5.67. The normalized spacial score (nSPS) is 15.6. The Bertz CT molecular complexity index is 581. The third-order valence-corrected chi connectivity index (χ3v) is 3.35. The van der Waals surface area contributed by atoms with Gasteiger partial charge in [0.1, 0.15) is 5.75 Å². The Morgan fingerprint density at radius 1 is 1.38 bits per heavy atom. The molecule has 0 amide bonds. The molecule has 1 aliphatic rings. The van der Waals surface area contributed by atoms with Gasteiger partial charge in [-0.2, -0.15) is 13.2 Å². The van der Waals surface area contributed by atoms with Crippen LogP contribution in [0.25, 0.3) is 0 Å². The number of hydrogen-bond acceptors (Lipinski definition) is 3. The van der Waals surface area contributed by atoms with E-state index < -0.39 is 17.7 Å². The summed E-state index contributed by atoms with van der Waals surface area (Å²) in [6.45, 7) is 0.126. The first-order chi connectivity index (χ1) is 9.82. The van der Waals surface area contributed by atoms with Gasteiger partial charge in [-0.3, -0.25) is 0 Å². The number of ether oxygens (including phenoxy) is 1. The number of methoxy groups -OCH3 is 1. The number of halogens is 3. The fourth-order valence-electron chi connectivity index (χ4n) is 2.23. The fourth-order valence-corrected chi connectivity index (χ4v) is 2.23. The molecule has 1 aliphatic heterocycles. The van der Waals surface area contributed by atoms with Crippen LogP contribution in [0.1, 0.15) is 16.8 Å². The summed E-state index contributed by atoms with van der Waals surface area (Å²) in [5.41, 5.74) is -0.169. The summed E-state index contributed by atoms with van der Waals surface area (Å²) in [4.78, 5) is 12.8. The van der Waals surface area contributed by atoms with Gasteiger partial charge in [0, 0.05) is 24.7 Å². The minimum atomic E-state index is -4.32. The number of carboxylic acids is 1. The van der Waals surface area contributed by atoms with Crippen molar-refractivity contribution in [2.75, 3.05) is 25.1 Å². The minimum absolute atomic E-state index is 0.0162. The lowest BCUT2D eigenvalue weighted by atomic mass is 10.1. The number of carbonyl (C=O) groups is 1. The quantitative estimate of drug-likeness (QED) is 0.872. The molecule has 0 bridgehead atoms. The van der Waals surface area contributed by atoms with Gasteiger partial charge < -0.3 is 14.7 Å². The first kappa shape index (κ1) is 15.2. The van der Waals surface area contributed by atoms with E-state index >= 15 is 0 Å². The van der Waals surface area contributed by atoms with Gasteiger partial charge in [0.2, 0.25) is 0 Å². The Labute approximate surface area is 119 Å². The lowest BCUT2D eigenvalue weighted by Crippen LogP contribution is -2.32. The fraction of sp³-hybridized carbons (Fsp3) is 0.357. The van der Waals surface area contributed by atoms with E-state index in [2.05, 4.69) is 0 Å². The molecule has 0 saturated carbocycles. The Morgan fingerprint density at radius 3 is 2.57 bits per heavy atom. The van der Waals surface area contributed by atoms with Crippen molar-refractivity contribution in [1.82, 2.24) is 0 Å². The molecule has 2 rings (SSSR count). The first-order valence-electron chi connectivity index (χ1n) is 6.25. The van der Waals surface area contributed by atoms with Crippen LogP contribution in [0.4, 0.5) is 18.9 Å². The molecule has 0 aromatic heterocycles. The van der Waals surface area contributed by atoms with Crippen LogP contribution in [0.5, 0.6) is 5.75 Å². The van der Waals surface area contributed by atoms with Crippen LogP contribution in [0.3, 0.4) is 0 Å². The zero-order valence-corrected chi connectivity index (χ0v) is 11.3. The zero-order chi connectivity index (χ0) is 15.6. The van der Waals surface area contributed by atoms with Crippen molar-refractivity contribution in [3.05, 3.63) is 35.4 Å². The van der Waals surface area contributed by atoms with Gasteiger partial charge in [-0.1, -0.05) is 6.08 Å². The summed E-state index contributed by atoms with van der Waals surface area (Å²) in [6.07, 6.45) is -3.40. The number of carboxylic acid groups (broad SMARTS) is 1. The molecule has 1 N–H and O–H groups in total. The van der Waals surface area contributed by atoms with E-state index in [0.29, 0.717) is 11.4 Å². The van der Waals surface area contributed by atoms with Crippen molar-refractivity contribution in [2.24, 2.45) is 0 Å². The first-order valence-corrected chi connectivity index (χ1v) is 6.25. The molecule has 0 fully saturated rings. The van der Waals surface area contributed by atoms with Gasteiger partial charge in [0.25, 0.3) is 0 Å². The van der Waals surface area contributed by atoms with E-state index in [1.807, 2.05) is 0 Å². The molecule has 0 aliphatic carbocycles. The molecule has 0 atom stereocenters. The maximum Gasteiger partial charge on any atom is 0.412 e. The largest absolute Gasteiger partial charge is 0.497 e. The lowest BCUT2D eigenvalue weighted by Gasteiger charge is -2.30. The van der Waals surface area contributed by atoms with Gasteiger partial charge in [-0.25, -0.2) is 4.79 Å². The van der Waals surface area contributed by atoms with E-state index in [1.54, 1.807) is 4.90 Å². The predicted octanol–water partition coefficient (Wildman–Crippen LogP) is 3.09. The maximum absolute atomic E-state index is 12.6. The van der Waals surface area contributed by atoms with Crippen LogP contribution in [-0.2, 0) is 0 Å². The Kier molecular flexibility index (Phi) is 4.11. The Balaban J connectivity index is 2.31. The van der Waals surface area contributed by atoms with Crippen LogP contribution in [0, 0.1) is 0 Å². The Morgan fingerprint density at radius 2 is 2.10 bits per heavy atom. The molecule has 1 aromatic carbocycles. The Hall–Kier alpha value is -2.18. The maximum atomic E-state index is 12.6. The average molecular weight is 301 g/mol. The van der Waals surface area contributed by atoms with E-state index in [-0.39, 0.29) is 25.1 Å². The number of benzene rings is 1. The molecule has 0 saturated heterocycles. The molecule has 0 unspecified atom stereocenters. The van der Waals surface area contributed by atoms with Gasteiger partial charge in [-0.15, -0.1) is 0 Å². The topological polar surface area (TPSA) is 49.8 Å². The van der Waals surface area contributed by atoms with Crippen molar-refractivity contribution in [3.8, 4) is 5.75 Å².